The van der Waals surface area contributed by atoms with Crippen molar-refractivity contribution in [2.75, 3.05) is 22.9 Å². The molecule has 1 aliphatic heterocycles. The zero-order valence-corrected chi connectivity index (χ0v) is 20.4. The topological polar surface area (TPSA) is 6.48 Å². The standard InChI is InChI=1S/C23H31N2.Ag.BrH/c1-16-11-18(3)22(19(4)12-16)24-9-7-8-10-25(15-24)23-20(5)13-17(2)14-21(23)6;;/h11-15H,7-10H2,1-6H3;;1H/q-1;+1;/p-1. The van der Waals surface area contributed by atoms with E-state index in [0.29, 0.717) is 0 Å². The van der Waals surface area contributed by atoms with Gasteiger partial charge >= 0.3 is 32.0 Å². The maximum atomic E-state index is 2.76. The first-order chi connectivity index (χ1) is 12.9. The minimum absolute atomic E-state index is 1.09. The van der Waals surface area contributed by atoms with E-state index in [4.69, 9.17) is 0 Å². The molecular weight excluding hydrogens is 492 g/mol. The average molecular weight is 523 g/mol. The number of anilines is 2. The van der Waals surface area contributed by atoms with Gasteiger partial charge in [-0.3, -0.25) is 0 Å². The van der Waals surface area contributed by atoms with E-state index in [1.807, 2.05) is 0 Å². The zero-order valence-electron chi connectivity index (χ0n) is 17.3. The fourth-order valence-corrected chi connectivity index (χ4v) is 4.44. The van der Waals surface area contributed by atoms with Gasteiger partial charge in [0, 0.05) is 11.4 Å². The van der Waals surface area contributed by atoms with Gasteiger partial charge in [0.15, 0.2) is 0 Å². The summed E-state index contributed by atoms with van der Waals surface area (Å²) in [5.74, 6) is 0. The van der Waals surface area contributed by atoms with Crippen LogP contribution in [0.25, 0.3) is 0 Å². The van der Waals surface area contributed by atoms with E-state index >= 15 is 0 Å². The number of benzene rings is 2. The van der Waals surface area contributed by atoms with E-state index in [1.54, 1.807) is 0 Å². The Morgan fingerprint density at radius 1 is 0.667 bits per heavy atom. The van der Waals surface area contributed by atoms with Gasteiger partial charge in [-0.1, -0.05) is 35.4 Å². The third-order valence-corrected chi connectivity index (χ3v) is 5.17. The van der Waals surface area contributed by atoms with Crippen LogP contribution in [-0.4, -0.2) is 13.1 Å². The molecule has 0 unspecified atom stereocenters. The Bertz CT molecular complexity index is 676. The predicted molar refractivity (Wildman–Crippen MR) is 118 cm³/mol. The molecule has 0 bridgehead atoms. The molecule has 0 aromatic heterocycles. The summed E-state index contributed by atoms with van der Waals surface area (Å²) in [6.45, 7) is 17.8. The monoisotopic (exact) mass is 521 g/mol. The van der Waals surface area contributed by atoms with Crippen molar-refractivity contribution in [3.05, 3.63) is 64.3 Å². The minimum atomic E-state index is 1.09. The van der Waals surface area contributed by atoms with Crippen molar-refractivity contribution in [1.29, 1.82) is 0 Å². The number of aryl methyl sites for hydroxylation is 6. The quantitative estimate of drug-likeness (QED) is 0.323. The summed E-state index contributed by atoms with van der Waals surface area (Å²) in [6, 6.07) is 9.20. The van der Waals surface area contributed by atoms with Crippen LogP contribution in [-0.2, 0) is 18.9 Å². The van der Waals surface area contributed by atoms with Gasteiger partial charge in [0.25, 0.3) is 0 Å². The Morgan fingerprint density at radius 2 is 0.963 bits per heavy atom. The van der Waals surface area contributed by atoms with Gasteiger partial charge in [0.05, 0.1) is 0 Å². The second-order valence-electron chi connectivity index (χ2n) is 7.70. The summed E-state index contributed by atoms with van der Waals surface area (Å²) in [4.78, 5) is 4.94. The SMILES string of the molecule is Cc1cc(C)c(N2[CH-]N(c3c(C)cc(C)cc3C)CCCC2)c(C)c1.[Br][Ag]. The first-order valence-corrected chi connectivity index (χ1v) is 12.9. The molecule has 0 saturated carbocycles. The molecular formula is C23H31AgBrN2-. The molecule has 0 radical (unpaired) electrons. The molecule has 0 amide bonds. The third kappa shape index (κ3) is 5.41. The van der Waals surface area contributed by atoms with Gasteiger partial charge in [-0.2, -0.15) is 6.67 Å². The molecule has 2 nitrogen and oxygen atoms in total. The molecule has 0 aliphatic carbocycles. The van der Waals surface area contributed by atoms with Crippen molar-refractivity contribution in [1.82, 2.24) is 0 Å². The first kappa shape index (κ1) is 22.5. The van der Waals surface area contributed by atoms with Gasteiger partial charge in [-0.05, 0) is 89.7 Å². The predicted octanol–water partition coefficient (Wildman–Crippen LogP) is 6.61. The summed E-state index contributed by atoms with van der Waals surface area (Å²) in [5, 5.41) is 0. The van der Waals surface area contributed by atoms with Crippen molar-refractivity contribution < 1.29 is 18.9 Å². The summed E-state index contributed by atoms with van der Waals surface area (Å²) in [7, 11) is 0. The maximum absolute atomic E-state index is 2.76. The fraction of sp³-hybridized carbons (Fsp3) is 0.435. The van der Waals surface area contributed by atoms with Crippen molar-refractivity contribution in [3.63, 3.8) is 0 Å². The Morgan fingerprint density at radius 3 is 1.26 bits per heavy atom. The number of halogens is 1. The Labute approximate surface area is 184 Å². The number of rotatable bonds is 2. The molecule has 1 fully saturated rings. The summed E-state index contributed by atoms with van der Waals surface area (Å²) in [5.41, 5.74) is 10.9. The van der Waals surface area contributed by atoms with Crippen molar-refractivity contribution in [2.24, 2.45) is 0 Å². The zero-order chi connectivity index (χ0) is 20.1. The molecule has 3 rings (SSSR count). The second-order valence-corrected chi connectivity index (χ2v) is 7.70. The van der Waals surface area contributed by atoms with Crippen LogP contribution in [0.3, 0.4) is 0 Å². The summed E-state index contributed by atoms with van der Waals surface area (Å²) in [6.07, 6.45) is 2.45. The molecule has 27 heavy (non-hydrogen) atoms. The summed E-state index contributed by atoms with van der Waals surface area (Å²) < 4.78 is 0. The van der Waals surface area contributed by atoms with Gasteiger partial charge in [0.1, 0.15) is 0 Å². The average Bonchev–Trinajstić information content (AvgIpc) is 2.81. The Hall–Kier alpha value is -0.740. The van der Waals surface area contributed by atoms with Crippen LogP contribution in [0, 0.1) is 48.2 Å². The van der Waals surface area contributed by atoms with E-state index in [2.05, 4.69) is 114 Å². The van der Waals surface area contributed by atoms with E-state index in [-0.39, 0.29) is 0 Å². The molecule has 4 heteroatoms. The van der Waals surface area contributed by atoms with Crippen LogP contribution in [0.1, 0.15) is 46.2 Å². The number of hydrogen-bond acceptors (Lipinski definition) is 2. The van der Waals surface area contributed by atoms with Gasteiger partial charge in [-0.25, -0.2) is 0 Å². The normalized spacial score (nSPS) is 14.6. The van der Waals surface area contributed by atoms with E-state index < -0.39 is 0 Å². The van der Waals surface area contributed by atoms with Crippen molar-refractivity contribution in [3.8, 4) is 0 Å². The second kappa shape index (κ2) is 10.2. The van der Waals surface area contributed by atoms with Crippen LogP contribution < -0.4 is 9.80 Å². The van der Waals surface area contributed by atoms with Crippen LogP contribution in [0.15, 0.2) is 24.3 Å². The van der Waals surface area contributed by atoms with Crippen LogP contribution in [0.5, 0.6) is 0 Å². The molecule has 1 saturated heterocycles. The molecule has 1 heterocycles. The number of nitrogens with zero attached hydrogens (tertiary/aromatic N) is 2. The van der Waals surface area contributed by atoms with Gasteiger partial charge < -0.3 is 9.80 Å². The molecule has 0 atom stereocenters. The van der Waals surface area contributed by atoms with E-state index in [1.165, 1.54) is 57.6 Å². The molecule has 0 spiro atoms. The van der Waals surface area contributed by atoms with Crippen LogP contribution in [0.4, 0.5) is 11.4 Å². The molecule has 1 aliphatic rings. The van der Waals surface area contributed by atoms with Crippen LogP contribution in [0.2, 0.25) is 0 Å². The van der Waals surface area contributed by atoms with Crippen LogP contribution >= 0.6 is 13.0 Å². The van der Waals surface area contributed by atoms with E-state index in [9.17, 15) is 0 Å². The summed E-state index contributed by atoms with van der Waals surface area (Å²) >= 11 is 5.51. The first-order valence-electron chi connectivity index (χ1n) is 9.52. The van der Waals surface area contributed by atoms with Gasteiger partial charge in [0.2, 0.25) is 0 Å². The van der Waals surface area contributed by atoms with E-state index in [0.717, 1.165) is 13.1 Å². The Kier molecular flexibility index (Phi) is 8.48. The van der Waals surface area contributed by atoms with Gasteiger partial charge in [-0.15, -0.1) is 0 Å². The fourth-order valence-electron chi connectivity index (χ4n) is 4.44. The Balaban J connectivity index is 0.00000126. The molecule has 2 aromatic carbocycles. The molecule has 2 aromatic rings. The number of hydrogen-bond donors (Lipinski definition) is 0. The molecule has 152 valence electrons. The molecule has 0 N–H and O–H groups in total. The van der Waals surface area contributed by atoms with Crippen molar-refractivity contribution >= 4 is 24.4 Å². The third-order valence-electron chi connectivity index (χ3n) is 5.17. The van der Waals surface area contributed by atoms with Crippen molar-refractivity contribution in [2.45, 2.75) is 54.4 Å².